The molecule has 0 fully saturated rings. The second kappa shape index (κ2) is 3.70. The zero-order chi connectivity index (χ0) is 10.2. The van der Waals surface area contributed by atoms with Gasteiger partial charge in [-0.1, -0.05) is 0 Å². The molecule has 0 atom stereocenters. The van der Waals surface area contributed by atoms with Crippen molar-refractivity contribution in [2.45, 2.75) is 6.18 Å². The average Bonchev–Trinajstić information content (AvgIpc) is 2.26. The first-order chi connectivity index (χ1) is 5.82. The van der Waals surface area contributed by atoms with E-state index in [0.717, 1.165) is 11.3 Å². The number of ketones is 1. The Kier molecular flexibility index (Phi) is 3.19. The number of thiophene rings is 1. The summed E-state index contributed by atoms with van der Waals surface area (Å²) in [6.07, 6.45) is -4.81. The van der Waals surface area contributed by atoms with Crippen LogP contribution in [0.1, 0.15) is 9.67 Å². The molecule has 1 heterocycles. The van der Waals surface area contributed by atoms with Gasteiger partial charge >= 0.3 is 6.18 Å². The fourth-order valence-corrected chi connectivity index (χ4v) is 3.19. The highest BCUT2D eigenvalue weighted by molar-refractivity contribution is 9.11. The van der Waals surface area contributed by atoms with Crippen LogP contribution in [-0.2, 0) is 0 Å². The van der Waals surface area contributed by atoms with E-state index in [1.165, 1.54) is 6.07 Å². The largest absolute Gasteiger partial charge is 0.455 e. The average molecular weight is 338 g/mol. The molecule has 72 valence electrons. The van der Waals surface area contributed by atoms with Crippen molar-refractivity contribution >= 4 is 49.0 Å². The summed E-state index contributed by atoms with van der Waals surface area (Å²) in [4.78, 5) is 10.4. The molecule has 13 heavy (non-hydrogen) atoms. The quantitative estimate of drug-likeness (QED) is 0.707. The van der Waals surface area contributed by atoms with Crippen molar-refractivity contribution in [2.75, 3.05) is 0 Å². The minimum Gasteiger partial charge on any atom is -0.283 e. The van der Waals surface area contributed by atoms with E-state index in [0.29, 0.717) is 3.79 Å². The molecule has 0 unspecified atom stereocenters. The molecule has 1 aromatic rings. The number of carbonyl (C=O) groups excluding carboxylic acids is 1. The lowest BCUT2D eigenvalue weighted by atomic mass is 10.3. The Morgan fingerprint density at radius 2 is 1.92 bits per heavy atom. The number of halogens is 5. The Morgan fingerprint density at radius 1 is 1.38 bits per heavy atom. The van der Waals surface area contributed by atoms with Gasteiger partial charge in [0.25, 0.3) is 5.78 Å². The van der Waals surface area contributed by atoms with E-state index in [-0.39, 0.29) is 9.35 Å². The molecule has 0 aliphatic carbocycles. The molecule has 1 aromatic heterocycles. The molecule has 1 rings (SSSR count). The van der Waals surface area contributed by atoms with Crippen LogP contribution in [0, 0.1) is 0 Å². The molecule has 0 saturated heterocycles. The minimum absolute atomic E-state index is 0.159. The smallest absolute Gasteiger partial charge is 0.283 e. The second-order valence-corrected chi connectivity index (χ2v) is 5.34. The predicted molar refractivity (Wildman–Crippen MR) is 50.1 cm³/mol. The van der Waals surface area contributed by atoms with Crippen molar-refractivity contribution in [1.29, 1.82) is 0 Å². The monoisotopic (exact) mass is 336 g/mol. The van der Waals surface area contributed by atoms with Crippen LogP contribution in [0.2, 0.25) is 0 Å². The summed E-state index contributed by atoms with van der Waals surface area (Å²) in [7, 11) is 0. The topological polar surface area (TPSA) is 17.1 Å². The first-order valence-electron chi connectivity index (χ1n) is 2.88. The zero-order valence-electron chi connectivity index (χ0n) is 5.78. The molecule has 0 spiro atoms. The van der Waals surface area contributed by atoms with E-state index < -0.39 is 12.0 Å². The van der Waals surface area contributed by atoms with Crippen molar-refractivity contribution in [1.82, 2.24) is 0 Å². The summed E-state index contributed by atoms with van der Waals surface area (Å²) in [6, 6.07) is 1.41. The zero-order valence-corrected chi connectivity index (χ0v) is 9.77. The van der Waals surface area contributed by atoms with Crippen LogP contribution in [0.15, 0.2) is 14.3 Å². The van der Waals surface area contributed by atoms with Crippen molar-refractivity contribution < 1.29 is 18.0 Å². The highest BCUT2D eigenvalue weighted by atomic mass is 79.9. The highest BCUT2D eigenvalue weighted by Gasteiger charge is 2.41. The van der Waals surface area contributed by atoms with E-state index in [1.54, 1.807) is 0 Å². The number of Topliss-reactive ketones (excluding diaryl/α,β-unsaturated/α-hetero) is 1. The van der Waals surface area contributed by atoms with Gasteiger partial charge in [-0.25, -0.2) is 0 Å². The van der Waals surface area contributed by atoms with Crippen LogP contribution in [-0.4, -0.2) is 12.0 Å². The summed E-state index contributed by atoms with van der Waals surface area (Å²) in [5.74, 6) is -1.82. The lowest BCUT2D eigenvalue weighted by Gasteiger charge is -2.02. The Labute approximate surface area is 92.2 Å². The lowest BCUT2D eigenvalue weighted by Crippen LogP contribution is -2.21. The summed E-state index contributed by atoms with van der Waals surface area (Å²) in [5.41, 5.74) is 0. The normalized spacial score (nSPS) is 11.8. The number of rotatable bonds is 1. The minimum atomic E-state index is -4.81. The van der Waals surface area contributed by atoms with E-state index in [2.05, 4.69) is 31.9 Å². The summed E-state index contributed by atoms with van der Waals surface area (Å²) in [6.45, 7) is 0. The van der Waals surface area contributed by atoms with E-state index in [4.69, 9.17) is 0 Å². The van der Waals surface area contributed by atoms with Gasteiger partial charge in [-0.15, -0.1) is 11.3 Å². The van der Waals surface area contributed by atoms with E-state index in [1.807, 2.05) is 0 Å². The van der Waals surface area contributed by atoms with Gasteiger partial charge in [0, 0.05) is 4.47 Å². The molecule has 0 bridgehead atoms. The van der Waals surface area contributed by atoms with Gasteiger partial charge in [-0.05, 0) is 37.9 Å². The Balaban J connectivity index is 3.09. The number of hydrogen-bond donors (Lipinski definition) is 0. The van der Waals surface area contributed by atoms with Crippen LogP contribution in [0.25, 0.3) is 0 Å². The Hall–Kier alpha value is 0.120. The maximum Gasteiger partial charge on any atom is 0.455 e. The van der Waals surface area contributed by atoms with Crippen molar-refractivity contribution in [2.24, 2.45) is 0 Å². The number of carbonyl (C=O) groups is 1. The SMILES string of the molecule is O=C(c1sc(Br)cc1Br)C(F)(F)F. The molecular weight excluding hydrogens is 337 g/mol. The number of alkyl halides is 3. The molecule has 0 radical (unpaired) electrons. The third-order valence-electron chi connectivity index (χ3n) is 1.12. The molecule has 0 aliphatic rings. The Morgan fingerprint density at radius 3 is 2.23 bits per heavy atom. The van der Waals surface area contributed by atoms with Crippen LogP contribution in [0.4, 0.5) is 13.2 Å². The molecule has 0 aliphatic heterocycles. The van der Waals surface area contributed by atoms with Crippen LogP contribution in [0.5, 0.6) is 0 Å². The maximum absolute atomic E-state index is 11.9. The molecular formula is C6HBr2F3OS. The van der Waals surface area contributed by atoms with Crippen LogP contribution >= 0.6 is 43.2 Å². The molecule has 0 amide bonds. The van der Waals surface area contributed by atoms with Gasteiger partial charge in [-0.2, -0.15) is 13.2 Å². The maximum atomic E-state index is 11.9. The fraction of sp³-hybridized carbons (Fsp3) is 0.167. The number of hydrogen-bond acceptors (Lipinski definition) is 2. The van der Waals surface area contributed by atoms with Gasteiger partial charge < -0.3 is 0 Å². The first-order valence-corrected chi connectivity index (χ1v) is 5.29. The molecule has 7 heteroatoms. The third kappa shape index (κ3) is 2.54. The molecule has 0 N–H and O–H groups in total. The van der Waals surface area contributed by atoms with Crippen molar-refractivity contribution in [3.63, 3.8) is 0 Å². The standard InChI is InChI=1S/C6HBr2F3OS/c7-2-1-3(8)13-4(2)5(12)6(9,10)11/h1H. The molecule has 0 saturated carbocycles. The summed E-state index contributed by atoms with van der Waals surface area (Å²) >= 11 is 6.61. The van der Waals surface area contributed by atoms with Gasteiger partial charge in [0.2, 0.25) is 0 Å². The molecule has 1 nitrogen and oxygen atoms in total. The van der Waals surface area contributed by atoms with E-state index in [9.17, 15) is 18.0 Å². The third-order valence-corrected chi connectivity index (χ3v) is 3.65. The van der Waals surface area contributed by atoms with Gasteiger partial charge in [0.15, 0.2) is 0 Å². The first kappa shape index (κ1) is 11.2. The van der Waals surface area contributed by atoms with E-state index >= 15 is 0 Å². The highest BCUT2D eigenvalue weighted by Crippen LogP contribution is 2.35. The van der Waals surface area contributed by atoms with Crippen LogP contribution in [0.3, 0.4) is 0 Å². The van der Waals surface area contributed by atoms with Gasteiger partial charge in [0.1, 0.15) is 0 Å². The lowest BCUT2D eigenvalue weighted by molar-refractivity contribution is -0.0882. The fourth-order valence-electron chi connectivity index (χ4n) is 0.624. The molecule has 0 aromatic carbocycles. The second-order valence-electron chi connectivity index (χ2n) is 2.05. The van der Waals surface area contributed by atoms with Gasteiger partial charge in [-0.3, -0.25) is 4.79 Å². The van der Waals surface area contributed by atoms with Crippen LogP contribution < -0.4 is 0 Å². The van der Waals surface area contributed by atoms with Gasteiger partial charge in [0.05, 0.1) is 8.66 Å². The summed E-state index contributed by atoms with van der Waals surface area (Å²) < 4.78 is 36.5. The van der Waals surface area contributed by atoms with Crippen molar-refractivity contribution in [3.05, 3.63) is 19.2 Å². The van der Waals surface area contributed by atoms with Crippen molar-refractivity contribution in [3.8, 4) is 0 Å². The predicted octanol–water partition coefficient (Wildman–Crippen LogP) is 4.02. The Bertz CT molecular complexity index is 344. The summed E-state index contributed by atoms with van der Waals surface area (Å²) in [5, 5.41) is 0.